The second kappa shape index (κ2) is 12.5. The molecule has 0 saturated heterocycles. The average Bonchev–Trinajstić information content (AvgIpc) is 3.54. The van der Waals surface area contributed by atoms with Gasteiger partial charge in [0.15, 0.2) is 0 Å². The van der Waals surface area contributed by atoms with E-state index in [1.54, 1.807) is 0 Å². The van der Waals surface area contributed by atoms with Crippen molar-refractivity contribution < 1.29 is 4.74 Å². The van der Waals surface area contributed by atoms with E-state index in [-0.39, 0.29) is 0 Å². The standard InChI is InChI=1S/C53H35NO/c1-3-17-36(18-4-1)40-24-10-13-29-48(40)54(49-30-15-22-37-21-7-8-23-41(37)49)39-33-34-44-43-25-9-11-27-45(43)53(47(44)35-39)46-28-12-14-31-50(46)55-51-32-16-26-42(52(51)53)38-19-5-2-6-20-38/h1-35H. The minimum Gasteiger partial charge on any atom is -0.457 e. The molecule has 1 atom stereocenters. The van der Waals surface area contributed by atoms with E-state index in [9.17, 15) is 0 Å². The first-order valence-electron chi connectivity index (χ1n) is 18.9. The molecule has 0 amide bonds. The third-order valence-electron chi connectivity index (χ3n) is 11.5. The number of hydrogen-bond donors (Lipinski definition) is 0. The van der Waals surface area contributed by atoms with Crippen molar-refractivity contribution in [2.24, 2.45) is 0 Å². The van der Waals surface area contributed by atoms with Gasteiger partial charge in [-0.15, -0.1) is 0 Å². The van der Waals surface area contributed by atoms with Crippen molar-refractivity contribution in [1.82, 2.24) is 0 Å². The third kappa shape index (κ3) is 4.68. The lowest BCUT2D eigenvalue weighted by atomic mass is 9.64. The molecule has 0 N–H and O–H groups in total. The Kier molecular flexibility index (Phi) is 7.11. The van der Waals surface area contributed by atoms with Crippen molar-refractivity contribution in [3.63, 3.8) is 0 Å². The molecule has 1 aliphatic heterocycles. The SMILES string of the molecule is c1ccc(-c2ccccc2N(c2ccc3c(c2)C2(c4ccccc4Oc4cccc(-c5ccccc5)c42)c2ccccc2-3)c2cccc3ccccc23)cc1. The quantitative estimate of drug-likeness (QED) is 0.177. The summed E-state index contributed by atoms with van der Waals surface area (Å²) in [5.74, 6) is 1.77. The molecule has 2 aliphatic rings. The van der Waals surface area contributed by atoms with Gasteiger partial charge in [-0.05, 0) is 80.7 Å². The van der Waals surface area contributed by atoms with Crippen LogP contribution in [0.1, 0.15) is 22.3 Å². The number of ether oxygens (including phenoxy) is 1. The van der Waals surface area contributed by atoms with Crippen molar-refractivity contribution in [3.8, 4) is 44.9 Å². The molecule has 1 aliphatic carbocycles. The van der Waals surface area contributed by atoms with Crippen molar-refractivity contribution in [1.29, 1.82) is 0 Å². The predicted molar refractivity (Wildman–Crippen MR) is 227 cm³/mol. The van der Waals surface area contributed by atoms with Crippen LogP contribution in [0.15, 0.2) is 212 Å². The molecule has 0 saturated carbocycles. The smallest absolute Gasteiger partial charge is 0.132 e. The second-order valence-corrected chi connectivity index (χ2v) is 14.4. The molecule has 0 aromatic heterocycles. The number of hydrogen-bond acceptors (Lipinski definition) is 2. The van der Waals surface area contributed by atoms with Gasteiger partial charge in [0.25, 0.3) is 0 Å². The summed E-state index contributed by atoms with van der Waals surface area (Å²) in [4.78, 5) is 2.47. The lowest BCUT2D eigenvalue weighted by molar-refractivity contribution is 0.437. The van der Waals surface area contributed by atoms with Crippen LogP contribution in [0.4, 0.5) is 17.1 Å². The van der Waals surface area contributed by atoms with E-state index in [0.29, 0.717) is 0 Å². The highest BCUT2D eigenvalue weighted by molar-refractivity contribution is 6.02. The molecular formula is C53H35NO. The highest BCUT2D eigenvalue weighted by atomic mass is 16.5. The molecule has 2 nitrogen and oxygen atoms in total. The van der Waals surface area contributed by atoms with Gasteiger partial charge in [-0.25, -0.2) is 0 Å². The third-order valence-corrected chi connectivity index (χ3v) is 11.5. The molecule has 1 spiro atoms. The van der Waals surface area contributed by atoms with Crippen LogP contribution in [0.3, 0.4) is 0 Å². The Labute approximate surface area is 321 Å². The lowest BCUT2D eigenvalue weighted by Crippen LogP contribution is -2.33. The lowest BCUT2D eigenvalue weighted by Gasteiger charge is -2.41. The van der Waals surface area contributed by atoms with Crippen LogP contribution in [0.2, 0.25) is 0 Å². The fourth-order valence-corrected chi connectivity index (χ4v) is 9.29. The normalized spacial score (nSPS) is 14.8. The second-order valence-electron chi connectivity index (χ2n) is 14.4. The minimum atomic E-state index is -0.651. The molecule has 55 heavy (non-hydrogen) atoms. The number of rotatable bonds is 5. The van der Waals surface area contributed by atoms with Crippen LogP contribution in [0.5, 0.6) is 11.5 Å². The zero-order chi connectivity index (χ0) is 36.3. The summed E-state index contributed by atoms with van der Waals surface area (Å²) in [6.45, 7) is 0. The summed E-state index contributed by atoms with van der Waals surface area (Å²) in [5, 5.41) is 2.39. The van der Waals surface area contributed by atoms with E-state index in [1.165, 1.54) is 55.3 Å². The average molecular weight is 702 g/mol. The van der Waals surface area contributed by atoms with E-state index >= 15 is 0 Å². The largest absolute Gasteiger partial charge is 0.457 e. The Balaban J connectivity index is 1.26. The van der Waals surface area contributed by atoms with Crippen molar-refractivity contribution in [2.75, 3.05) is 4.90 Å². The minimum absolute atomic E-state index is 0.651. The Hall–Kier alpha value is -7.16. The maximum Gasteiger partial charge on any atom is 0.132 e. The summed E-state index contributed by atoms with van der Waals surface area (Å²) >= 11 is 0. The number of benzene rings is 9. The molecule has 1 heterocycles. The van der Waals surface area contributed by atoms with Gasteiger partial charge in [-0.1, -0.05) is 176 Å². The zero-order valence-corrected chi connectivity index (χ0v) is 30.1. The number of para-hydroxylation sites is 2. The Morgan fingerprint density at radius 3 is 1.76 bits per heavy atom. The zero-order valence-electron chi connectivity index (χ0n) is 30.1. The summed E-state index contributed by atoms with van der Waals surface area (Å²) in [7, 11) is 0. The van der Waals surface area contributed by atoms with E-state index in [1.807, 2.05) is 0 Å². The first-order chi connectivity index (χ1) is 27.3. The molecule has 0 bridgehead atoms. The number of nitrogens with zero attached hydrogens (tertiary/aromatic N) is 1. The molecule has 9 aromatic carbocycles. The maximum absolute atomic E-state index is 6.88. The summed E-state index contributed by atoms with van der Waals surface area (Å²) in [5.41, 5.74) is 14.7. The summed E-state index contributed by atoms with van der Waals surface area (Å²) < 4.78 is 6.88. The summed E-state index contributed by atoms with van der Waals surface area (Å²) in [6, 6.07) is 76.9. The van der Waals surface area contributed by atoms with Gasteiger partial charge in [-0.2, -0.15) is 0 Å². The van der Waals surface area contributed by atoms with Gasteiger partial charge in [0.2, 0.25) is 0 Å². The van der Waals surface area contributed by atoms with Gasteiger partial charge in [-0.3, -0.25) is 0 Å². The first-order valence-corrected chi connectivity index (χ1v) is 18.9. The van der Waals surface area contributed by atoms with Crippen LogP contribution in [-0.2, 0) is 5.41 Å². The van der Waals surface area contributed by atoms with E-state index < -0.39 is 5.41 Å². The van der Waals surface area contributed by atoms with E-state index in [4.69, 9.17) is 4.74 Å². The first kappa shape index (κ1) is 31.4. The molecule has 2 heteroatoms. The monoisotopic (exact) mass is 701 g/mol. The molecule has 1 unspecified atom stereocenters. The van der Waals surface area contributed by atoms with Gasteiger partial charge >= 0.3 is 0 Å². The number of anilines is 3. The van der Waals surface area contributed by atoms with Crippen LogP contribution in [0, 0.1) is 0 Å². The van der Waals surface area contributed by atoms with E-state index in [0.717, 1.165) is 39.7 Å². The van der Waals surface area contributed by atoms with E-state index in [2.05, 4.69) is 217 Å². The molecule has 11 rings (SSSR count). The highest BCUT2D eigenvalue weighted by Crippen LogP contribution is 2.64. The highest BCUT2D eigenvalue weighted by Gasteiger charge is 2.52. The van der Waals surface area contributed by atoms with Gasteiger partial charge in [0.05, 0.1) is 16.8 Å². The molecular weight excluding hydrogens is 667 g/mol. The van der Waals surface area contributed by atoms with Crippen molar-refractivity contribution >= 4 is 27.8 Å². The summed E-state index contributed by atoms with van der Waals surface area (Å²) in [6.07, 6.45) is 0. The van der Waals surface area contributed by atoms with Gasteiger partial charge < -0.3 is 9.64 Å². The van der Waals surface area contributed by atoms with Crippen LogP contribution in [0.25, 0.3) is 44.2 Å². The van der Waals surface area contributed by atoms with Gasteiger partial charge in [0, 0.05) is 27.8 Å². The molecule has 0 fully saturated rings. The number of fused-ring (bicyclic) bond motifs is 10. The van der Waals surface area contributed by atoms with Crippen LogP contribution < -0.4 is 9.64 Å². The topological polar surface area (TPSA) is 12.5 Å². The van der Waals surface area contributed by atoms with Gasteiger partial charge in [0.1, 0.15) is 11.5 Å². The Bertz CT molecular complexity index is 2910. The van der Waals surface area contributed by atoms with Crippen LogP contribution in [-0.4, -0.2) is 0 Å². The molecule has 258 valence electrons. The fraction of sp³-hybridized carbons (Fsp3) is 0.0189. The van der Waals surface area contributed by atoms with Crippen LogP contribution >= 0.6 is 0 Å². The Morgan fingerprint density at radius 2 is 0.927 bits per heavy atom. The van der Waals surface area contributed by atoms with Crippen molar-refractivity contribution in [2.45, 2.75) is 5.41 Å². The predicted octanol–water partition coefficient (Wildman–Crippen LogP) is 14.1. The fourth-order valence-electron chi connectivity index (χ4n) is 9.29. The maximum atomic E-state index is 6.88. The van der Waals surface area contributed by atoms with Crippen molar-refractivity contribution in [3.05, 3.63) is 235 Å². The Morgan fingerprint density at radius 1 is 0.364 bits per heavy atom. The molecule has 9 aromatic rings. The molecule has 0 radical (unpaired) electrons.